The lowest BCUT2D eigenvalue weighted by Crippen LogP contribution is -2.39. The van der Waals surface area contributed by atoms with Crippen LogP contribution in [-0.4, -0.2) is 24.4 Å². The molecule has 0 aromatic heterocycles. The van der Waals surface area contributed by atoms with Crippen molar-refractivity contribution in [1.29, 1.82) is 0 Å². The van der Waals surface area contributed by atoms with E-state index < -0.39 is 0 Å². The minimum absolute atomic E-state index is 0.0331. The Hall–Kier alpha value is -0.0800. The second-order valence-electron chi connectivity index (χ2n) is 4.76. The van der Waals surface area contributed by atoms with E-state index in [1.165, 1.54) is 0 Å². The first-order chi connectivity index (χ1) is 6.08. The summed E-state index contributed by atoms with van der Waals surface area (Å²) in [7, 11) is 0. The minimum atomic E-state index is -0.210. The molecule has 0 amide bonds. The van der Waals surface area contributed by atoms with Crippen LogP contribution in [0.3, 0.4) is 0 Å². The van der Waals surface area contributed by atoms with Gasteiger partial charge in [0.15, 0.2) is 0 Å². The van der Waals surface area contributed by atoms with E-state index in [0.29, 0.717) is 5.92 Å². The van der Waals surface area contributed by atoms with Crippen LogP contribution in [0, 0.1) is 11.3 Å². The Labute approximate surface area is 81.3 Å². The molecule has 1 aliphatic heterocycles. The minimum Gasteiger partial charge on any atom is -0.392 e. The molecule has 1 aliphatic rings. The van der Waals surface area contributed by atoms with Crippen molar-refractivity contribution in [3.05, 3.63) is 0 Å². The smallest absolute Gasteiger partial charge is 0.0641 e. The fourth-order valence-corrected chi connectivity index (χ4v) is 1.86. The van der Waals surface area contributed by atoms with Gasteiger partial charge in [-0.3, -0.25) is 0 Å². The fourth-order valence-electron chi connectivity index (χ4n) is 1.86. The molecule has 2 nitrogen and oxygen atoms in total. The fraction of sp³-hybridized carbons (Fsp3) is 1.00. The first-order valence-corrected chi connectivity index (χ1v) is 5.33. The molecule has 2 heteroatoms. The molecule has 13 heavy (non-hydrogen) atoms. The molecule has 0 aromatic rings. The summed E-state index contributed by atoms with van der Waals surface area (Å²) in [5.74, 6) is 0.351. The predicted octanol–water partition coefficient (Wildman–Crippen LogP) is 2.21. The van der Waals surface area contributed by atoms with Crippen molar-refractivity contribution >= 4 is 0 Å². The summed E-state index contributed by atoms with van der Waals surface area (Å²) in [6, 6.07) is 0. The zero-order valence-corrected chi connectivity index (χ0v) is 9.05. The average Bonchev–Trinajstić information content (AvgIpc) is 2.18. The van der Waals surface area contributed by atoms with Gasteiger partial charge in [0, 0.05) is 12.5 Å². The zero-order chi connectivity index (χ0) is 9.90. The van der Waals surface area contributed by atoms with E-state index >= 15 is 0 Å². The SMILES string of the molecule is CCC(C)(C)C(O)C1CCCOC1. The number of hydrogen-bond acceptors (Lipinski definition) is 2. The van der Waals surface area contributed by atoms with Gasteiger partial charge in [0.05, 0.1) is 12.7 Å². The summed E-state index contributed by atoms with van der Waals surface area (Å²) < 4.78 is 5.38. The zero-order valence-electron chi connectivity index (χ0n) is 9.05. The Morgan fingerprint density at radius 3 is 2.69 bits per heavy atom. The molecule has 1 N–H and O–H groups in total. The number of aliphatic hydroxyl groups excluding tert-OH is 1. The van der Waals surface area contributed by atoms with Gasteiger partial charge in [0.1, 0.15) is 0 Å². The van der Waals surface area contributed by atoms with Crippen LogP contribution in [0.2, 0.25) is 0 Å². The summed E-state index contributed by atoms with van der Waals surface area (Å²) in [5.41, 5.74) is 0.0331. The first-order valence-electron chi connectivity index (χ1n) is 5.33. The molecular weight excluding hydrogens is 164 g/mol. The average molecular weight is 186 g/mol. The van der Waals surface area contributed by atoms with Gasteiger partial charge in [-0.05, 0) is 24.7 Å². The molecule has 78 valence electrons. The maximum atomic E-state index is 10.1. The van der Waals surface area contributed by atoms with Crippen molar-refractivity contribution in [3.63, 3.8) is 0 Å². The van der Waals surface area contributed by atoms with Gasteiger partial charge in [0.25, 0.3) is 0 Å². The number of aliphatic hydroxyl groups is 1. The molecule has 2 unspecified atom stereocenters. The van der Waals surface area contributed by atoms with E-state index in [-0.39, 0.29) is 11.5 Å². The highest BCUT2D eigenvalue weighted by Gasteiger charge is 2.33. The normalized spacial score (nSPS) is 27.2. The highest BCUT2D eigenvalue weighted by molar-refractivity contribution is 4.83. The number of ether oxygens (including phenoxy) is 1. The second kappa shape index (κ2) is 4.43. The molecular formula is C11H22O2. The third-order valence-electron chi connectivity index (χ3n) is 3.35. The van der Waals surface area contributed by atoms with E-state index in [0.717, 1.165) is 32.5 Å². The molecule has 0 radical (unpaired) electrons. The Bertz CT molecular complexity index is 148. The summed E-state index contributed by atoms with van der Waals surface area (Å²) in [5, 5.41) is 10.1. The molecule has 0 spiro atoms. The Kier molecular flexibility index (Phi) is 3.74. The van der Waals surface area contributed by atoms with Gasteiger partial charge in [-0.25, -0.2) is 0 Å². The molecule has 1 rings (SSSR count). The van der Waals surface area contributed by atoms with Crippen molar-refractivity contribution < 1.29 is 9.84 Å². The van der Waals surface area contributed by atoms with Crippen molar-refractivity contribution in [2.24, 2.45) is 11.3 Å². The van der Waals surface area contributed by atoms with Crippen LogP contribution >= 0.6 is 0 Å². The van der Waals surface area contributed by atoms with E-state index in [1.807, 2.05) is 0 Å². The van der Waals surface area contributed by atoms with Crippen molar-refractivity contribution in [2.45, 2.75) is 46.1 Å². The second-order valence-corrected chi connectivity index (χ2v) is 4.76. The van der Waals surface area contributed by atoms with Crippen molar-refractivity contribution in [1.82, 2.24) is 0 Å². The molecule has 0 aromatic carbocycles. The van der Waals surface area contributed by atoms with Gasteiger partial charge in [-0.1, -0.05) is 20.8 Å². The molecule has 0 aliphatic carbocycles. The van der Waals surface area contributed by atoms with E-state index in [9.17, 15) is 5.11 Å². The topological polar surface area (TPSA) is 29.5 Å². The molecule has 1 saturated heterocycles. The molecule has 0 bridgehead atoms. The molecule has 2 atom stereocenters. The quantitative estimate of drug-likeness (QED) is 0.732. The maximum Gasteiger partial charge on any atom is 0.0641 e. The molecule has 0 saturated carbocycles. The van der Waals surface area contributed by atoms with Gasteiger partial charge in [-0.2, -0.15) is 0 Å². The maximum absolute atomic E-state index is 10.1. The third-order valence-corrected chi connectivity index (χ3v) is 3.35. The summed E-state index contributed by atoms with van der Waals surface area (Å²) in [4.78, 5) is 0. The third kappa shape index (κ3) is 2.68. The Balaban J connectivity index is 2.49. The highest BCUT2D eigenvalue weighted by Crippen LogP contribution is 2.32. The van der Waals surface area contributed by atoms with Crippen LogP contribution < -0.4 is 0 Å². The van der Waals surface area contributed by atoms with Crippen LogP contribution in [-0.2, 0) is 4.74 Å². The van der Waals surface area contributed by atoms with Gasteiger partial charge < -0.3 is 9.84 Å². The first kappa shape index (κ1) is 11.0. The molecule has 1 fully saturated rings. The standard InChI is InChI=1S/C11H22O2/c1-4-11(2,3)10(12)9-6-5-7-13-8-9/h9-10,12H,4-8H2,1-3H3. The summed E-state index contributed by atoms with van der Waals surface area (Å²) in [6.07, 6.45) is 3.02. The summed E-state index contributed by atoms with van der Waals surface area (Å²) >= 11 is 0. The Morgan fingerprint density at radius 1 is 1.54 bits per heavy atom. The van der Waals surface area contributed by atoms with E-state index in [2.05, 4.69) is 20.8 Å². The van der Waals surface area contributed by atoms with Gasteiger partial charge in [0.2, 0.25) is 0 Å². The van der Waals surface area contributed by atoms with Crippen LogP contribution in [0.4, 0.5) is 0 Å². The van der Waals surface area contributed by atoms with Crippen LogP contribution in [0.5, 0.6) is 0 Å². The van der Waals surface area contributed by atoms with Gasteiger partial charge in [-0.15, -0.1) is 0 Å². The van der Waals surface area contributed by atoms with Crippen LogP contribution in [0.25, 0.3) is 0 Å². The lowest BCUT2D eigenvalue weighted by atomic mass is 9.76. The number of rotatable bonds is 3. The summed E-state index contributed by atoms with van der Waals surface area (Å²) in [6.45, 7) is 8.01. The monoisotopic (exact) mass is 186 g/mol. The van der Waals surface area contributed by atoms with Crippen LogP contribution in [0.1, 0.15) is 40.0 Å². The van der Waals surface area contributed by atoms with E-state index in [1.54, 1.807) is 0 Å². The Morgan fingerprint density at radius 2 is 2.23 bits per heavy atom. The lowest BCUT2D eigenvalue weighted by molar-refractivity contribution is -0.0600. The largest absolute Gasteiger partial charge is 0.392 e. The van der Waals surface area contributed by atoms with Crippen molar-refractivity contribution in [3.8, 4) is 0 Å². The molecule has 1 heterocycles. The van der Waals surface area contributed by atoms with Crippen molar-refractivity contribution in [2.75, 3.05) is 13.2 Å². The van der Waals surface area contributed by atoms with E-state index in [4.69, 9.17) is 4.74 Å². The highest BCUT2D eigenvalue weighted by atomic mass is 16.5. The van der Waals surface area contributed by atoms with Gasteiger partial charge >= 0.3 is 0 Å². The van der Waals surface area contributed by atoms with Crippen LogP contribution in [0.15, 0.2) is 0 Å². The predicted molar refractivity (Wildman–Crippen MR) is 53.6 cm³/mol. The lowest BCUT2D eigenvalue weighted by Gasteiger charge is -2.36. The number of hydrogen-bond donors (Lipinski definition) is 1.